The number of hydrogen-bond donors (Lipinski definition) is 1. The Hall–Kier alpha value is -1.40. The minimum atomic E-state index is 0.245. The molecule has 25 heavy (non-hydrogen) atoms. The van der Waals surface area contributed by atoms with Gasteiger partial charge in [0.2, 0.25) is 5.95 Å². The molecule has 0 bridgehead atoms. The summed E-state index contributed by atoms with van der Waals surface area (Å²) in [6, 6.07) is 0. The molecule has 5 nitrogen and oxygen atoms in total. The van der Waals surface area contributed by atoms with Gasteiger partial charge in [0, 0.05) is 31.1 Å². The first-order chi connectivity index (χ1) is 11.9. The van der Waals surface area contributed by atoms with E-state index in [2.05, 4.69) is 35.7 Å². The van der Waals surface area contributed by atoms with E-state index in [1.165, 1.54) is 41.1 Å². The molecule has 2 aromatic rings. The number of nitrogen functional groups attached to an aromatic ring is 1. The smallest absolute Gasteiger partial charge is 0.222 e. The lowest BCUT2D eigenvalue weighted by molar-refractivity contribution is 0.387. The van der Waals surface area contributed by atoms with Gasteiger partial charge in [0.05, 0.1) is 10.2 Å². The van der Waals surface area contributed by atoms with E-state index in [0.717, 1.165) is 42.7 Å². The predicted molar refractivity (Wildman–Crippen MR) is 104 cm³/mol. The van der Waals surface area contributed by atoms with Crippen LogP contribution in [0, 0.1) is 11.8 Å². The van der Waals surface area contributed by atoms with Gasteiger partial charge < -0.3 is 15.5 Å². The molecule has 0 radical (unpaired) electrons. The maximum absolute atomic E-state index is 6.14. The molecule has 5 rings (SSSR count). The maximum atomic E-state index is 6.14. The first-order valence-corrected chi connectivity index (χ1v) is 10.3. The van der Waals surface area contributed by atoms with E-state index in [4.69, 9.17) is 10.7 Å². The van der Waals surface area contributed by atoms with Gasteiger partial charge in [0.15, 0.2) is 5.82 Å². The zero-order chi connectivity index (χ0) is 17.3. The Morgan fingerprint density at radius 2 is 1.84 bits per heavy atom. The average Bonchev–Trinajstić information content (AvgIpc) is 3.18. The van der Waals surface area contributed by atoms with Crippen LogP contribution >= 0.6 is 11.3 Å². The van der Waals surface area contributed by atoms with Crippen LogP contribution in [0.25, 0.3) is 10.2 Å². The highest BCUT2D eigenvalue weighted by molar-refractivity contribution is 7.20. The van der Waals surface area contributed by atoms with Gasteiger partial charge in [-0.1, -0.05) is 13.8 Å². The summed E-state index contributed by atoms with van der Waals surface area (Å²) in [4.78, 5) is 15.8. The summed E-state index contributed by atoms with van der Waals surface area (Å²) in [5.41, 5.74) is 8.95. The third-order valence-corrected chi connectivity index (χ3v) is 8.02. The molecule has 2 aromatic heterocycles. The van der Waals surface area contributed by atoms with Crippen LogP contribution in [0.5, 0.6) is 0 Å². The summed E-state index contributed by atoms with van der Waals surface area (Å²) < 4.78 is 1.27. The molecule has 0 aromatic carbocycles. The molecule has 2 saturated heterocycles. The topological polar surface area (TPSA) is 58.3 Å². The lowest BCUT2D eigenvalue weighted by Crippen LogP contribution is -2.27. The molecule has 1 aliphatic carbocycles. The van der Waals surface area contributed by atoms with Crippen molar-refractivity contribution in [2.75, 3.05) is 43.9 Å². The number of aromatic nitrogens is 2. The highest BCUT2D eigenvalue weighted by Crippen LogP contribution is 2.47. The largest absolute Gasteiger partial charge is 0.368 e. The summed E-state index contributed by atoms with van der Waals surface area (Å²) in [7, 11) is 2.24. The Kier molecular flexibility index (Phi) is 3.36. The van der Waals surface area contributed by atoms with E-state index in [9.17, 15) is 0 Å². The van der Waals surface area contributed by atoms with Crippen molar-refractivity contribution in [3.05, 3.63) is 10.4 Å². The summed E-state index contributed by atoms with van der Waals surface area (Å²) in [6.07, 6.45) is 3.63. The molecule has 6 heteroatoms. The van der Waals surface area contributed by atoms with Crippen molar-refractivity contribution in [3.63, 3.8) is 0 Å². The summed E-state index contributed by atoms with van der Waals surface area (Å²) >= 11 is 1.92. The number of nitrogens with zero attached hydrogens (tertiary/aromatic N) is 4. The SMILES string of the molecule is CN1C[C@@H]2CN(c3nc(N)nc4c5c(sc34)C(C)(C)CCC5)C[C@@H]2C1. The fraction of sp³-hybridized carbons (Fsp3) is 0.684. The first-order valence-electron chi connectivity index (χ1n) is 9.45. The molecule has 2 aliphatic heterocycles. The standard InChI is InChI=1S/C19H27N5S/c1-19(2)6-4-5-13-14-15(25-16(13)19)17(22-18(20)21-14)24-9-11-7-23(3)8-12(11)10-24/h11-12H,4-10H2,1-3H3,(H2,20,21,22)/t11-,12+. The normalized spacial score (nSPS) is 28.5. The predicted octanol–water partition coefficient (Wildman–Crippen LogP) is 2.89. The van der Waals surface area contributed by atoms with E-state index < -0.39 is 0 Å². The second-order valence-corrected chi connectivity index (χ2v) is 9.90. The number of aryl methyl sites for hydroxylation is 1. The van der Waals surface area contributed by atoms with Gasteiger partial charge in [-0.05, 0) is 49.1 Å². The molecular formula is C19H27N5S. The zero-order valence-electron chi connectivity index (χ0n) is 15.4. The number of hydrogen-bond acceptors (Lipinski definition) is 6. The second-order valence-electron chi connectivity index (χ2n) is 8.88. The maximum Gasteiger partial charge on any atom is 0.222 e. The van der Waals surface area contributed by atoms with Crippen LogP contribution in [0.15, 0.2) is 0 Å². The summed E-state index contributed by atoms with van der Waals surface area (Å²) in [6.45, 7) is 9.36. The molecule has 0 saturated carbocycles. The quantitative estimate of drug-likeness (QED) is 0.850. The molecule has 4 heterocycles. The van der Waals surface area contributed by atoms with E-state index in [0.29, 0.717) is 5.95 Å². The van der Waals surface area contributed by atoms with Crippen LogP contribution in [-0.4, -0.2) is 48.1 Å². The molecular weight excluding hydrogens is 330 g/mol. The molecule has 0 unspecified atom stereocenters. The average molecular weight is 358 g/mol. The molecule has 2 N–H and O–H groups in total. The lowest BCUT2D eigenvalue weighted by atomic mass is 9.78. The number of thiophene rings is 1. The van der Waals surface area contributed by atoms with Crippen LogP contribution in [0.2, 0.25) is 0 Å². The Morgan fingerprint density at radius 1 is 1.12 bits per heavy atom. The zero-order valence-corrected chi connectivity index (χ0v) is 16.2. The van der Waals surface area contributed by atoms with E-state index in [1.807, 2.05) is 11.3 Å². The first kappa shape index (κ1) is 15.8. The Morgan fingerprint density at radius 3 is 2.56 bits per heavy atom. The van der Waals surface area contributed by atoms with Gasteiger partial charge in [-0.25, -0.2) is 4.98 Å². The van der Waals surface area contributed by atoms with Crippen LogP contribution in [0.1, 0.15) is 37.1 Å². The highest BCUT2D eigenvalue weighted by Gasteiger charge is 2.40. The van der Waals surface area contributed by atoms with Crippen molar-refractivity contribution in [2.24, 2.45) is 11.8 Å². The fourth-order valence-electron chi connectivity index (χ4n) is 5.24. The van der Waals surface area contributed by atoms with Crippen molar-refractivity contribution >= 4 is 33.3 Å². The second kappa shape index (κ2) is 5.30. The Labute approximate surface area is 153 Å². The van der Waals surface area contributed by atoms with Gasteiger partial charge in [-0.15, -0.1) is 11.3 Å². The van der Waals surface area contributed by atoms with Gasteiger partial charge in [-0.3, -0.25) is 0 Å². The van der Waals surface area contributed by atoms with E-state index in [1.54, 1.807) is 0 Å². The van der Waals surface area contributed by atoms with E-state index >= 15 is 0 Å². The molecule has 0 amide bonds. The summed E-state index contributed by atoms with van der Waals surface area (Å²) in [5.74, 6) is 3.06. The molecule has 2 fully saturated rings. The van der Waals surface area contributed by atoms with Gasteiger partial charge in [-0.2, -0.15) is 4.98 Å². The van der Waals surface area contributed by atoms with Crippen LogP contribution in [0.3, 0.4) is 0 Å². The number of rotatable bonds is 1. The monoisotopic (exact) mass is 357 g/mol. The van der Waals surface area contributed by atoms with Crippen LogP contribution in [0.4, 0.5) is 11.8 Å². The van der Waals surface area contributed by atoms with Crippen molar-refractivity contribution in [1.29, 1.82) is 0 Å². The van der Waals surface area contributed by atoms with Crippen LogP contribution in [-0.2, 0) is 11.8 Å². The summed E-state index contributed by atoms with van der Waals surface area (Å²) in [5, 5.41) is 0. The third-order valence-electron chi connectivity index (χ3n) is 6.44. The third kappa shape index (κ3) is 2.37. The minimum absolute atomic E-state index is 0.245. The number of anilines is 2. The van der Waals surface area contributed by atoms with Crippen LogP contribution < -0.4 is 10.6 Å². The molecule has 0 spiro atoms. The number of fused-ring (bicyclic) bond motifs is 4. The van der Waals surface area contributed by atoms with Gasteiger partial charge >= 0.3 is 0 Å². The lowest BCUT2D eigenvalue weighted by Gasteiger charge is -2.29. The highest BCUT2D eigenvalue weighted by atomic mass is 32.1. The minimum Gasteiger partial charge on any atom is -0.368 e. The number of nitrogens with two attached hydrogens (primary N) is 1. The van der Waals surface area contributed by atoms with Crippen molar-refractivity contribution < 1.29 is 0 Å². The van der Waals surface area contributed by atoms with Crippen molar-refractivity contribution in [3.8, 4) is 0 Å². The van der Waals surface area contributed by atoms with Crippen molar-refractivity contribution in [2.45, 2.75) is 38.5 Å². The Balaban J connectivity index is 1.61. The van der Waals surface area contributed by atoms with Gasteiger partial charge in [0.1, 0.15) is 0 Å². The molecule has 3 aliphatic rings. The number of likely N-dealkylation sites (tertiary alicyclic amines) is 1. The fourth-order valence-corrected chi connectivity index (χ4v) is 6.68. The molecule has 2 atom stereocenters. The van der Waals surface area contributed by atoms with E-state index in [-0.39, 0.29) is 5.41 Å². The van der Waals surface area contributed by atoms with Crippen molar-refractivity contribution in [1.82, 2.24) is 14.9 Å². The molecule has 134 valence electrons. The van der Waals surface area contributed by atoms with Gasteiger partial charge in [0.25, 0.3) is 0 Å². The Bertz CT molecular complexity index is 828.